The smallest absolute Gasteiger partial charge is 0.338 e. The molecule has 2 aliphatic heterocycles. The van der Waals surface area contributed by atoms with Crippen molar-refractivity contribution in [1.29, 1.82) is 0 Å². The van der Waals surface area contributed by atoms with E-state index in [1.54, 1.807) is 22.1 Å². The molecule has 2 aliphatic rings. The second-order valence-electron chi connectivity index (χ2n) is 10.9. The SMILES string of the molecule is CC(C)[C@H](N)C(=O)N1CCN(C(=O)Nc2ccn(-c3ccc(CCN4CCCC(N)CC4)cc3)c(=O)n2)CC1. The van der Waals surface area contributed by atoms with Gasteiger partial charge in [-0.3, -0.25) is 14.7 Å². The van der Waals surface area contributed by atoms with Crippen molar-refractivity contribution in [3.05, 3.63) is 52.6 Å². The quantitative estimate of drug-likeness (QED) is 0.481. The van der Waals surface area contributed by atoms with Gasteiger partial charge in [-0.15, -0.1) is 0 Å². The highest BCUT2D eigenvalue weighted by Gasteiger charge is 2.28. The number of carbonyl (C=O) groups is 2. The normalized spacial score (nSPS) is 19.6. The molecule has 3 amide bonds. The Bertz CT molecular complexity index is 1170. The summed E-state index contributed by atoms with van der Waals surface area (Å²) in [6, 6.07) is 8.96. The number of carbonyl (C=O) groups excluding carboxylic acids is 2. The minimum atomic E-state index is -0.540. The van der Waals surface area contributed by atoms with Gasteiger partial charge in [-0.2, -0.15) is 4.98 Å². The van der Waals surface area contributed by atoms with Crippen molar-refractivity contribution >= 4 is 17.8 Å². The zero-order valence-corrected chi connectivity index (χ0v) is 23.1. The maximum absolute atomic E-state index is 12.7. The van der Waals surface area contributed by atoms with E-state index in [9.17, 15) is 14.4 Å². The zero-order chi connectivity index (χ0) is 27.9. The Labute approximate surface area is 230 Å². The number of urea groups is 1. The third-order valence-electron chi connectivity index (χ3n) is 7.72. The van der Waals surface area contributed by atoms with E-state index in [0.29, 0.717) is 32.2 Å². The Morgan fingerprint density at radius 2 is 1.69 bits per heavy atom. The molecule has 3 heterocycles. The van der Waals surface area contributed by atoms with E-state index in [0.717, 1.165) is 51.0 Å². The fourth-order valence-corrected chi connectivity index (χ4v) is 5.00. The van der Waals surface area contributed by atoms with Gasteiger partial charge in [0.05, 0.1) is 11.7 Å². The minimum Gasteiger partial charge on any atom is -0.338 e. The first-order valence-corrected chi connectivity index (χ1v) is 14.0. The number of rotatable bonds is 7. The van der Waals surface area contributed by atoms with Gasteiger partial charge in [0.25, 0.3) is 0 Å². The number of benzene rings is 1. The number of anilines is 1. The number of nitrogens with one attached hydrogen (secondary N) is 1. The van der Waals surface area contributed by atoms with Crippen molar-refractivity contribution in [2.45, 2.75) is 51.6 Å². The van der Waals surface area contributed by atoms with Crippen LogP contribution in [0.5, 0.6) is 0 Å². The second kappa shape index (κ2) is 13.2. The monoisotopic (exact) mass is 538 g/mol. The summed E-state index contributed by atoms with van der Waals surface area (Å²) in [6.45, 7) is 8.58. The largest absolute Gasteiger partial charge is 0.354 e. The summed E-state index contributed by atoms with van der Waals surface area (Å²) < 4.78 is 1.46. The molecule has 5 N–H and O–H groups in total. The number of nitrogens with zero attached hydrogens (tertiary/aromatic N) is 5. The fourth-order valence-electron chi connectivity index (χ4n) is 5.00. The lowest BCUT2D eigenvalue weighted by molar-refractivity contribution is -0.134. The Balaban J connectivity index is 1.28. The summed E-state index contributed by atoms with van der Waals surface area (Å²) in [5, 5.41) is 2.70. The van der Waals surface area contributed by atoms with Crippen LogP contribution in [-0.2, 0) is 11.2 Å². The van der Waals surface area contributed by atoms with Crippen LogP contribution < -0.4 is 22.5 Å². The number of hydrogen-bond donors (Lipinski definition) is 3. The Kier molecular flexibility index (Phi) is 9.71. The zero-order valence-electron chi connectivity index (χ0n) is 23.1. The summed E-state index contributed by atoms with van der Waals surface area (Å²) in [5.41, 5.74) is 13.5. The molecular weight excluding hydrogens is 496 g/mol. The van der Waals surface area contributed by atoms with Gasteiger partial charge in [0.1, 0.15) is 5.82 Å². The van der Waals surface area contributed by atoms with E-state index >= 15 is 0 Å². The molecule has 0 bridgehead atoms. The van der Waals surface area contributed by atoms with Crippen molar-refractivity contribution in [1.82, 2.24) is 24.3 Å². The molecule has 2 fully saturated rings. The first-order chi connectivity index (χ1) is 18.7. The second-order valence-corrected chi connectivity index (χ2v) is 10.9. The van der Waals surface area contributed by atoms with Gasteiger partial charge in [0.15, 0.2) is 0 Å². The highest BCUT2D eigenvalue weighted by molar-refractivity contribution is 5.88. The Morgan fingerprint density at radius 1 is 1.00 bits per heavy atom. The molecule has 11 heteroatoms. The molecule has 11 nitrogen and oxygen atoms in total. The summed E-state index contributed by atoms with van der Waals surface area (Å²) in [4.78, 5) is 47.8. The molecule has 1 aromatic carbocycles. The number of amides is 3. The molecule has 2 atom stereocenters. The van der Waals surface area contributed by atoms with E-state index in [-0.39, 0.29) is 23.7 Å². The Morgan fingerprint density at radius 3 is 2.36 bits per heavy atom. The van der Waals surface area contributed by atoms with Crippen molar-refractivity contribution in [3.63, 3.8) is 0 Å². The van der Waals surface area contributed by atoms with Crippen LogP contribution >= 0.6 is 0 Å². The molecule has 4 rings (SSSR count). The lowest BCUT2D eigenvalue weighted by atomic mass is 10.0. The number of likely N-dealkylation sites (tertiary alicyclic amines) is 1. The van der Waals surface area contributed by atoms with Crippen LogP contribution in [0.2, 0.25) is 0 Å². The summed E-state index contributed by atoms with van der Waals surface area (Å²) in [7, 11) is 0. The van der Waals surface area contributed by atoms with Crippen LogP contribution in [0.25, 0.3) is 5.69 Å². The van der Waals surface area contributed by atoms with Gasteiger partial charge in [-0.25, -0.2) is 9.59 Å². The standard InChI is InChI=1S/C28H42N8O3/c1-20(2)25(30)26(37)34-16-18-35(19-17-34)27(38)31-24-11-15-36(28(39)32-24)23-7-5-21(6-8-23)9-13-33-12-3-4-22(29)10-14-33/h5-8,11,15,20,22,25H,3-4,9-10,12-14,16-19,29-30H2,1-2H3,(H,31,32,38,39)/t22?,25-/m0/s1. The number of nitrogens with two attached hydrogens (primary N) is 2. The van der Waals surface area contributed by atoms with Crippen LogP contribution in [0.4, 0.5) is 10.6 Å². The van der Waals surface area contributed by atoms with Crippen LogP contribution in [0.3, 0.4) is 0 Å². The Hall–Kier alpha value is -3.28. The summed E-state index contributed by atoms with van der Waals surface area (Å²) in [6.07, 6.45) is 5.86. The van der Waals surface area contributed by atoms with E-state index in [4.69, 9.17) is 11.5 Å². The average molecular weight is 539 g/mol. The molecule has 39 heavy (non-hydrogen) atoms. The molecule has 2 aromatic rings. The van der Waals surface area contributed by atoms with Gasteiger partial charge >= 0.3 is 11.7 Å². The molecule has 212 valence electrons. The number of hydrogen-bond acceptors (Lipinski definition) is 7. The van der Waals surface area contributed by atoms with Crippen molar-refractivity contribution in [3.8, 4) is 5.69 Å². The van der Waals surface area contributed by atoms with Gasteiger partial charge in [0.2, 0.25) is 5.91 Å². The molecular formula is C28H42N8O3. The van der Waals surface area contributed by atoms with E-state index < -0.39 is 11.7 Å². The summed E-state index contributed by atoms with van der Waals surface area (Å²) in [5.74, 6) is 0.153. The van der Waals surface area contributed by atoms with Crippen LogP contribution in [0.1, 0.15) is 38.7 Å². The summed E-state index contributed by atoms with van der Waals surface area (Å²) >= 11 is 0. The first kappa shape index (κ1) is 28.7. The molecule has 1 unspecified atom stereocenters. The lowest BCUT2D eigenvalue weighted by Gasteiger charge is -2.36. The molecule has 1 aromatic heterocycles. The predicted octanol–water partition coefficient (Wildman–Crippen LogP) is 1.25. The maximum Gasteiger partial charge on any atom is 0.354 e. The first-order valence-electron chi connectivity index (χ1n) is 14.0. The maximum atomic E-state index is 12.7. The third-order valence-corrected chi connectivity index (χ3v) is 7.72. The predicted molar refractivity (Wildman–Crippen MR) is 152 cm³/mol. The molecule has 0 saturated carbocycles. The van der Waals surface area contributed by atoms with Crippen molar-refractivity contribution in [2.24, 2.45) is 17.4 Å². The van der Waals surface area contributed by atoms with E-state index in [2.05, 4.69) is 15.2 Å². The van der Waals surface area contributed by atoms with Gasteiger partial charge < -0.3 is 26.2 Å². The third kappa shape index (κ3) is 7.65. The van der Waals surface area contributed by atoms with Crippen LogP contribution in [-0.4, -0.2) is 94.1 Å². The minimum absolute atomic E-state index is 0.0550. The van der Waals surface area contributed by atoms with Crippen molar-refractivity contribution in [2.75, 3.05) is 51.1 Å². The van der Waals surface area contributed by atoms with Gasteiger partial charge in [-0.1, -0.05) is 26.0 Å². The highest BCUT2D eigenvalue weighted by atomic mass is 16.2. The van der Waals surface area contributed by atoms with Crippen molar-refractivity contribution < 1.29 is 9.59 Å². The molecule has 2 saturated heterocycles. The molecule has 0 aliphatic carbocycles. The van der Waals surface area contributed by atoms with Crippen LogP contribution in [0, 0.1) is 5.92 Å². The van der Waals surface area contributed by atoms with Gasteiger partial charge in [0, 0.05) is 45.0 Å². The lowest BCUT2D eigenvalue weighted by Crippen LogP contribution is -2.56. The highest BCUT2D eigenvalue weighted by Crippen LogP contribution is 2.14. The molecule has 0 radical (unpaired) electrons. The average Bonchev–Trinajstić information content (AvgIpc) is 3.15. The van der Waals surface area contributed by atoms with E-state index in [1.165, 1.54) is 10.1 Å². The topological polar surface area (TPSA) is 143 Å². The number of piperazine rings is 1. The fraction of sp³-hybridized carbons (Fsp3) is 0.571. The van der Waals surface area contributed by atoms with E-state index in [1.807, 2.05) is 38.1 Å². The number of aromatic nitrogens is 2. The molecule has 0 spiro atoms. The van der Waals surface area contributed by atoms with Crippen LogP contribution in [0.15, 0.2) is 41.3 Å². The van der Waals surface area contributed by atoms with Gasteiger partial charge in [-0.05, 0) is 68.5 Å².